The first kappa shape index (κ1) is 17.2. The summed E-state index contributed by atoms with van der Waals surface area (Å²) in [6.45, 7) is 0.506. The molecule has 0 radical (unpaired) electrons. The van der Waals surface area contributed by atoms with Crippen molar-refractivity contribution in [3.63, 3.8) is 0 Å². The minimum atomic E-state index is -0.967. The monoisotopic (exact) mass is 340 g/mol. The topological polar surface area (TPSA) is 61.8 Å². The van der Waals surface area contributed by atoms with Crippen molar-refractivity contribution in [1.29, 1.82) is 0 Å². The summed E-state index contributed by atoms with van der Waals surface area (Å²) in [5, 5.41) is 0. The molecule has 0 unspecified atom stereocenters. The average molecular weight is 340 g/mol. The maximum Gasteiger partial charge on any atom is 0.320 e. The van der Waals surface area contributed by atoms with E-state index < -0.39 is 29.9 Å². The van der Waals surface area contributed by atoms with Crippen LogP contribution in [0.3, 0.4) is 0 Å². The molecule has 5 heteroatoms. The average Bonchev–Trinajstić information content (AvgIpc) is 3.04. The zero-order chi connectivity index (χ0) is 17.6. The molecule has 0 bridgehead atoms. The Bertz CT molecular complexity index is 713. The molecule has 0 amide bonds. The molecule has 1 aliphatic heterocycles. The van der Waals surface area contributed by atoms with Crippen molar-refractivity contribution in [1.82, 2.24) is 0 Å². The van der Waals surface area contributed by atoms with Crippen LogP contribution in [-0.4, -0.2) is 25.7 Å². The summed E-state index contributed by atoms with van der Waals surface area (Å²) in [5.74, 6) is -2.53. The summed E-state index contributed by atoms with van der Waals surface area (Å²) < 4.78 is 16.1. The fourth-order valence-corrected chi connectivity index (χ4v) is 3.07. The van der Waals surface area contributed by atoms with Gasteiger partial charge in [0.05, 0.1) is 26.4 Å². The van der Waals surface area contributed by atoms with Gasteiger partial charge in [-0.25, -0.2) is 0 Å². The van der Waals surface area contributed by atoms with E-state index in [1.165, 1.54) is 7.11 Å². The molecule has 1 aliphatic rings. The Morgan fingerprint density at radius 3 is 2.40 bits per heavy atom. The van der Waals surface area contributed by atoms with E-state index in [0.29, 0.717) is 6.61 Å². The van der Waals surface area contributed by atoms with Crippen molar-refractivity contribution >= 4 is 11.9 Å². The smallest absolute Gasteiger partial charge is 0.320 e. The van der Waals surface area contributed by atoms with Gasteiger partial charge in [-0.15, -0.1) is 0 Å². The van der Waals surface area contributed by atoms with Gasteiger partial charge in [0.15, 0.2) is 5.92 Å². The first-order chi connectivity index (χ1) is 12.2. The van der Waals surface area contributed by atoms with Gasteiger partial charge in [0.1, 0.15) is 0 Å². The number of esters is 2. The van der Waals surface area contributed by atoms with Crippen LogP contribution in [-0.2, 0) is 30.4 Å². The number of carbonyl (C=O) groups is 2. The Kier molecular flexibility index (Phi) is 5.46. The van der Waals surface area contributed by atoms with Gasteiger partial charge in [0.25, 0.3) is 0 Å². The number of hydrogen-bond acceptors (Lipinski definition) is 5. The van der Waals surface area contributed by atoms with E-state index in [2.05, 4.69) is 0 Å². The minimum Gasteiger partial charge on any atom is -0.468 e. The van der Waals surface area contributed by atoms with E-state index in [1.54, 1.807) is 0 Å². The molecule has 0 N–H and O–H groups in total. The highest BCUT2D eigenvalue weighted by Crippen LogP contribution is 2.37. The number of methoxy groups -OCH3 is 1. The van der Waals surface area contributed by atoms with Crippen LogP contribution in [0.2, 0.25) is 0 Å². The van der Waals surface area contributed by atoms with Crippen molar-refractivity contribution in [3.8, 4) is 0 Å². The normalized spacial score (nSPS) is 20.8. The van der Waals surface area contributed by atoms with Crippen LogP contribution >= 0.6 is 0 Å². The van der Waals surface area contributed by atoms with E-state index in [1.807, 2.05) is 60.7 Å². The number of rotatable bonds is 6. The van der Waals surface area contributed by atoms with Gasteiger partial charge in [-0.1, -0.05) is 60.7 Å². The molecule has 1 saturated heterocycles. The van der Waals surface area contributed by atoms with Gasteiger partial charge in [-0.05, 0) is 11.1 Å². The molecule has 3 atom stereocenters. The van der Waals surface area contributed by atoms with Crippen molar-refractivity contribution in [2.45, 2.75) is 12.7 Å². The lowest BCUT2D eigenvalue weighted by atomic mass is 9.86. The van der Waals surface area contributed by atoms with E-state index in [-0.39, 0.29) is 6.61 Å². The molecule has 2 aromatic rings. The molecule has 25 heavy (non-hydrogen) atoms. The summed E-state index contributed by atoms with van der Waals surface area (Å²) in [5.41, 5.74) is 1.92. The van der Waals surface area contributed by atoms with Crippen LogP contribution in [0, 0.1) is 11.8 Å². The lowest BCUT2D eigenvalue weighted by Crippen LogP contribution is -2.31. The van der Waals surface area contributed by atoms with E-state index in [4.69, 9.17) is 14.2 Å². The van der Waals surface area contributed by atoms with E-state index in [9.17, 15) is 9.59 Å². The molecule has 2 aromatic carbocycles. The highest BCUT2D eigenvalue weighted by atomic mass is 16.6. The molecule has 1 fully saturated rings. The standard InChI is InChI=1S/C20H20O5/c1-23-19(21)17-16(13-25-20(17)22)18(15-10-6-3-7-11-15)24-12-14-8-4-2-5-9-14/h2-11,16-18H,12-13H2,1H3/t16-,17-,18-/m0/s1. The van der Waals surface area contributed by atoms with Crippen LogP contribution in [0.25, 0.3) is 0 Å². The number of benzene rings is 2. The second-order valence-electron chi connectivity index (χ2n) is 5.92. The fraction of sp³-hybridized carbons (Fsp3) is 0.300. The summed E-state index contributed by atoms with van der Waals surface area (Å²) >= 11 is 0. The van der Waals surface area contributed by atoms with Crippen molar-refractivity contribution in [2.24, 2.45) is 11.8 Å². The van der Waals surface area contributed by atoms with Crippen molar-refractivity contribution < 1.29 is 23.8 Å². The molecule has 3 rings (SSSR count). The van der Waals surface area contributed by atoms with Crippen LogP contribution in [0.15, 0.2) is 60.7 Å². The first-order valence-corrected chi connectivity index (χ1v) is 8.15. The molecule has 0 saturated carbocycles. The Morgan fingerprint density at radius 2 is 1.76 bits per heavy atom. The maximum absolute atomic E-state index is 12.1. The van der Waals surface area contributed by atoms with Crippen molar-refractivity contribution in [2.75, 3.05) is 13.7 Å². The minimum absolute atomic E-state index is 0.132. The zero-order valence-electron chi connectivity index (χ0n) is 14.0. The summed E-state index contributed by atoms with van der Waals surface area (Å²) in [6, 6.07) is 19.3. The van der Waals surface area contributed by atoms with Crippen LogP contribution in [0.1, 0.15) is 17.2 Å². The first-order valence-electron chi connectivity index (χ1n) is 8.15. The molecule has 0 aliphatic carbocycles. The number of cyclic esters (lactones) is 1. The van der Waals surface area contributed by atoms with Gasteiger partial charge in [0, 0.05) is 5.92 Å². The third-order valence-corrected chi connectivity index (χ3v) is 4.34. The zero-order valence-corrected chi connectivity index (χ0v) is 14.0. The lowest BCUT2D eigenvalue weighted by Gasteiger charge is -2.25. The van der Waals surface area contributed by atoms with Crippen LogP contribution < -0.4 is 0 Å². The Morgan fingerprint density at radius 1 is 1.12 bits per heavy atom. The van der Waals surface area contributed by atoms with Gasteiger partial charge in [0.2, 0.25) is 0 Å². The second kappa shape index (κ2) is 7.94. The van der Waals surface area contributed by atoms with Crippen LogP contribution in [0.4, 0.5) is 0 Å². The predicted molar refractivity (Wildman–Crippen MR) is 90.4 cm³/mol. The Labute approximate surface area is 146 Å². The molecule has 1 heterocycles. The highest BCUT2D eigenvalue weighted by Gasteiger charge is 2.48. The summed E-state index contributed by atoms with van der Waals surface area (Å²) in [7, 11) is 1.27. The SMILES string of the molecule is COC(=O)[C@H]1C(=O)OC[C@@H]1[C@@H](OCc1ccccc1)c1ccccc1. The third-order valence-electron chi connectivity index (χ3n) is 4.34. The Balaban J connectivity index is 1.85. The van der Waals surface area contributed by atoms with Crippen molar-refractivity contribution in [3.05, 3.63) is 71.8 Å². The maximum atomic E-state index is 12.1. The largest absolute Gasteiger partial charge is 0.468 e. The summed E-state index contributed by atoms with van der Waals surface area (Å²) in [4.78, 5) is 24.1. The molecular formula is C20H20O5. The molecule has 0 aromatic heterocycles. The third kappa shape index (κ3) is 3.88. The van der Waals surface area contributed by atoms with Gasteiger partial charge >= 0.3 is 11.9 Å². The molecular weight excluding hydrogens is 320 g/mol. The lowest BCUT2D eigenvalue weighted by molar-refractivity contribution is -0.156. The Hall–Kier alpha value is -2.66. The number of ether oxygens (including phenoxy) is 3. The van der Waals surface area contributed by atoms with E-state index in [0.717, 1.165) is 11.1 Å². The van der Waals surface area contributed by atoms with E-state index >= 15 is 0 Å². The van der Waals surface area contributed by atoms with Gasteiger partial charge in [-0.2, -0.15) is 0 Å². The fourth-order valence-electron chi connectivity index (χ4n) is 3.07. The number of carbonyl (C=O) groups excluding carboxylic acids is 2. The quantitative estimate of drug-likeness (QED) is 0.598. The second-order valence-corrected chi connectivity index (χ2v) is 5.92. The highest BCUT2D eigenvalue weighted by molar-refractivity contribution is 5.96. The number of hydrogen-bond donors (Lipinski definition) is 0. The molecule has 130 valence electrons. The van der Waals surface area contributed by atoms with Crippen LogP contribution in [0.5, 0.6) is 0 Å². The van der Waals surface area contributed by atoms with Gasteiger partial charge in [-0.3, -0.25) is 9.59 Å². The predicted octanol–water partition coefficient (Wildman–Crippen LogP) is 2.91. The molecule has 0 spiro atoms. The van der Waals surface area contributed by atoms with Gasteiger partial charge < -0.3 is 14.2 Å². The summed E-state index contributed by atoms with van der Waals surface area (Å²) in [6.07, 6.45) is -0.447. The molecule has 5 nitrogen and oxygen atoms in total.